The Hall–Kier alpha value is -2.18. The fraction of sp³-hybridized carbons (Fsp3) is 0.300. The van der Waals surface area contributed by atoms with E-state index >= 15 is 0 Å². The molecule has 0 spiro atoms. The van der Waals surface area contributed by atoms with Gasteiger partial charge in [-0.1, -0.05) is 65.0 Å². The van der Waals surface area contributed by atoms with Gasteiger partial charge in [0.1, 0.15) is 0 Å². The highest BCUT2D eigenvalue weighted by Crippen LogP contribution is 2.47. The first kappa shape index (κ1) is 28.9. The van der Waals surface area contributed by atoms with Gasteiger partial charge in [-0.2, -0.15) is 52.7 Å². The molecule has 0 atom stereocenters. The summed E-state index contributed by atoms with van der Waals surface area (Å²) < 4.78 is 148. The lowest BCUT2D eigenvalue weighted by Crippen LogP contribution is -2.34. The maximum absolute atomic E-state index is 12.3. The van der Waals surface area contributed by atoms with Gasteiger partial charge in [-0.15, -0.1) is 0 Å². The highest BCUT2D eigenvalue weighted by Gasteiger charge is 2.58. The quantitative estimate of drug-likeness (QED) is 0.328. The Morgan fingerprint density at radius 1 is 0.545 bits per heavy atom. The average Bonchev–Trinajstić information content (AvgIpc) is 2.60. The van der Waals surface area contributed by atoms with E-state index in [9.17, 15) is 52.7 Å². The van der Waals surface area contributed by atoms with Crippen LogP contribution in [0.3, 0.4) is 0 Å². The van der Waals surface area contributed by atoms with E-state index in [-0.39, 0.29) is 0 Å². The molecule has 0 bridgehead atoms. The number of rotatable bonds is 3. The first-order valence-electron chi connectivity index (χ1n) is 8.53. The summed E-state index contributed by atoms with van der Waals surface area (Å²) in [5, 5.41) is 0. The Morgan fingerprint density at radius 2 is 0.818 bits per heavy atom. The molecule has 33 heavy (non-hydrogen) atoms. The minimum atomic E-state index is -5.35. The maximum Gasteiger partial charge on any atom is 0.404 e. The summed E-state index contributed by atoms with van der Waals surface area (Å²) in [4.78, 5) is 0. The zero-order valence-electron chi connectivity index (χ0n) is 16.0. The van der Waals surface area contributed by atoms with Crippen molar-refractivity contribution < 1.29 is 52.7 Å². The minimum Gasteiger partial charge on any atom is -0.170 e. The second kappa shape index (κ2) is 10.4. The van der Waals surface area contributed by atoms with Crippen molar-refractivity contribution in [3.63, 3.8) is 0 Å². The lowest BCUT2D eigenvalue weighted by molar-refractivity contribution is -0.255. The highest BCUT2D eigenvalue weighted by molar-refractivity contribution is 9.10. The SMILES string of the molecule is C=Cc1ccc(C(C(F)(F)F)C(F)(F)F)cc1.FC(F)(F)C(c1ccc(Br)cc1)C(F)(F)F. The molecule has 2 aromatic carbocycles. The summed E-state index contributed by atoms with van der Waals surface area (Å²) in [6, 6.07) is 7.82. The Kier molecular flexibility index (Phi) is 9.09. The van der Waals surface area contributed by atoms with Crippen LogP contribution in [0.1, 0.15) is 28.5 Å². The Morgan fingerprint density at radius 3 is 1.06 bits per heavy atom. The maximum atomic E-state index is 12.3. The summed E-state index contributed by atoms with van der Waals surface area (Å²) >= 11 is 2.93. The molecule has 0 saturated heterocycles. The van der Waals surface area contributed by atoms with Crippen LogP contribution in [0.4, 0.5) is 52.7 Å². The Balaban J connectivity index is 0.000000331. The van der Waals surface area contributed by atoms with Gasteiger partial charge in [-0.05, 0) is 28.8 Å². The molecular weight excluding hydrogens is 548 g/mol. The Bertz CT molecular complexity index is 860. The second-order valence-corrected chi connectivity index (χ2v) is 7.37. The van der Waals surface area contributed by atoms with Crippen molar-refractivity contribution in [2.45, 2.75) is 36.5 Å². The van der Waals surface area contributed by atoms with E-state index in [1.165, 1.54) is 6.08 Å². The van der Waals surface area contributed by atoms with Gasteiger partial charge in [0.05, 0.1) is 0 Å². The zero-order chi connectivity index (χ0) is 25.8. The molecule has 184 valence electrons. The van der Waals surface area contributed by atoms with Gasteiger partial charge in [0, 0.05) is 4.47 Å². The molecule has 2 rings (SSSR count). The van der Waals surface area contributed by atoms with Crippen LogP contribution in [0.2, 0.25) is 0 Å². The van der Waals surface area contributed by atoms with Gasteiger partial charge in [0.15, 0.2) is 11.8 Å². The van der Waals surface area contributed by atoms with Gasteiger partial charge in [0.25, 0.3) is 0 Å². The number of hydrogen-bond acceptors (Lipinski definition) is 0. The molecule has 0 nitrogen and oxygen atoms in total. The van der Waals surface area contributed by atoms with Crippen molar-refractivity contribution in [1.29, 1.82) is 0 Å². The minimum absolute atomic E-state index is 0.416. The fourth-order valence-corrected chi connectivity index (χ4v) is 2.87. The number of hydrogen-bond donors (Lipinski definition) is 0. The van der Waals surface area contributed by atoms with E-state index in [1.807, 2.05) is 0 Å². The van der Waals surface area contributed by atoms with Crippen LogP contribution in [0, 0.1) is 0 Å². The van der Waals surface area contributed by atoms with E-state index in [4.69, 9.17) is 0 Å². The average molecular weight is 561 g/mol. The molecule has 0 N–H and O–H groups in total. The van der Waals surface area contributed by atoms with E-state index in [0.717, 1.165) is 48.5 Å². The standard InChI is InChI=1S/C11H8F6.C9H5BrF6/c1-2-7-3-5-8(6-4-7)9(10(12,13)14)11(15,16)17;10-6-3-1-5(2-4-6)7(8(11,12)13)9(14,15)16/h2-6,9H,1H2;1-4,7H. The third kappa shape index (κ3) is 8.59. The number of benzene rings is 2. The van der Waals surface area contributed by atoms with Crippen molar-refractivity contribution >= 4 is 22.0 Å². The van der Waals surface area contributed by atoms with E-state index in [1.54, 1.807) is 0 Å². The van der Waals surface area contributed by atoms with Gasteiger partial charge in [-0.3, -0.25) is 0 Å². The molecule has 0 aliphatic carbocycles. The predicted molar refractivity (Wildman–Crippen MR) is 100 cm³/mol. The van der Waals surface area contributed by atoms with Crippen molar-refractivity contribution in [3.8, 4) is 0 Å². The molecule has 0 radical (unpaired) electrons. The highest BCUT2D eigenvalue weighted by atomic mass is 79.9. The molecule has 2 aromatic rings. The van der Waals surface area contributed by atoms with Crippen LogP contribution in [0.25, 0.3) is 6.08 Å². The molecule has 0 fully saturated rings. The smallest absolute Gasteiger partial charge is 0.170 e. The van der Waals surface area contributed by atoms with E-state index in [2.05, 4.69) is 22.5 Å². The largest absolute Gasteiger partial charge is 0.404 e. The second-order valence-electron chi connectivity index (χ2n) is 6.45. The van der Waals surface area contributed by atoms with Crippen LogP contribution < -0.4 is 0 Å². The number of alkyl halides is 12. The summed E-state index contributed by atoms with van der Waals surface area (Å²) in [5.74, 6) is -6.89. The van der Waals surface area contributed by atoms with Crippen molar-refractivity contribution in [2.24, 2.45) is 0 Å². The fourth-order valence-electron chi connectivity index (χ4n) is 2.61. The zero-order valence-corrected chi connectivity index (χ0v) is 17.6. The van der Waals surface area contributed by atoms with Crippen LogP contribution in [0.15, 0.2) is 59.6 Å². The first-order valence-corrected chi connectivity index (χ1v) is 9.32. The molecule has 0 aromatic heterocycles. The van der Waals surface area contributed by atoms with E-state index in [0.29, 0.717) is 10.0 Å². The molecule has 0 heterocycles. The summed E-state index contributed by atoms with van der Waals surface area (Å²) in [5.41, 5.74) is -1.18. The summed E-state index contributed by atoms with van der Waals surface area (Å²) in [6.45, 7) is 3.36. The van der Waals surface area contributed by atoms with Gasteiger partial charge in [0.2, 0.25) is 0 Å². The molecule has 0 aliphatic rings. The van der Waals surface area contributed by atoms with Gasteiger partial charge >= 0.3 is 24.7 Å². The van der Waals surface area contributed by atoms with Gasteiger partial charge in [-0.25, -0.2) is 0 Å². The van der Waals surface area contributed by atoms with Crippen molar-refractivity contribution in [3.05, 3.63) is 76.3 Å². The van der Waals surface area contributed by atoms with Crippen molar-refractivity contribution in [1.82, 2.24) is 0 Å². The lowest BCUT2D eigenvalue weighted by atomic mass is 9.97. The summed E-state index contributed by atoms with van der Waals surface area (Å²) in [6.07, 6.45) is -20.1. The first-order chi connectivity index (χ1) is 14.8. The Labute approximate surface area is 188 Å². The third-order valence-electron chi connectivity index (χ3n) is 4.02. The van der Waals surface area contributed by atoms with Gasteiger partial charge < -0.3 is 0 Å². The molecule has 0 unspecified atom stereocenters. The normalized spacial score (nSPS) is 13.1. The van der Waals surface area contributed by atoms with Crippen LogP contribution >= 0.6 is 15.9 Å². The number of halogens is 13. The molecule has 13 heteroatoms. The monoisotopic (exact) mass is 560 g/mol. The predicted octanol–water partition coefficient (Wildman–Crippen LogP) is 9.20. The molecule has 0 amide bonds. The lowest BCUT2D eigenvalue weighted by Gasteiger charge is -2.23. The molecule has 0 saturated carbocycles. The summed E-state index contributed by atoms with van der Waals surface area (Å²) in [7, 11) is 0. The van der Waals surface area contributed by atoms with Crippen LogP contribution in [-0.2, 0) is 0 Å². The topological polar surface area (TPSA) is 0 Å². The van der Waals surface area contributed by atoms with E-state index < -0.39 is 47.7 Å². The van der Waals surface area contributed by atoms with Crippen molar-refractivity contribution in [2.75, 3.05) is 0 Å². The van der Waals surface area contributed by atoms with Crippen LogP contribution in [-0.4, -0.2) is 24.7 Å². The molecular formula is C20H13BrF12. The van der Waals surface area contributed by atoms with Crippen LogP contribution in [0.5, 0.6) is 0 Å². The molecule has 0 aliphatic heterocycles. The third-order valence-corrected chi connectivity index (χ3v) is 4.55.